The molecule has 0 radical (unpaired) electrons. The molecular formula is C39H35Cl2F4N7O6. The number of methoxy groups -OCH3 is 4. The third-order valence-electron chi connectivity index (χ3n) is 7.86. The Kier molecular flexibility index (Phi) is 16.7. The fourth-order valence-corrected chi connectivity index (χ4v) is 5.28. The lowest BCUT2D eigenvalue weighted by Crippen LogP contribution is -3.00. The Morgan fingerprint density at radius 1 is 0.655 bits per heavy atom. The molecule has 2 heterocycles. The van der Waals surface area contributed by atoms with Crippen molar-refractivity contribution in [1.29, 1.82) is 0 Å². The van der Waals surface area contributed by atoms with E-state index in [4.69, 9.17) is 42.0 Å². The lowest BCUT2D eigenvalue weighted by Gasteiger charge is -2.11. The average Bonchev–Trinajstić information content (AvgIpc) is 3.19. The molecule has 19 heteroatoms. The van der Waals surface area contributed by atoms with E-state index in [1.807, 2.05) is 0 Å². The van der Waals surface area contributed by atoms with E-state index in [1.54, 1.807) is 18.2 Å². The van der Waals surface area contributed by atoms with Crippen LogP contribution in [0.1, 0.15) is 32.0 Å². The number of hydrogen-bond acceptors (Lipinski definition) is 11. The summed E-state index contributed by atoms with van der Waals surface area (Å²) in [5.41, 5.74) is 16.6. The molecule has 0 saturated heterocycles. The number of nitrogen functional groups attached to an aromatic ring is 1. The van der Waals surface area contributed by atoms with Gasteiger partial charge in [-0.15, -0.1) is 0 Å². The number of rotatable bonds is 10. The summed E-state index contributed by atoms with van der Waals surface area (Å²) >= 11 is 5.74. The number of nitrogens with zero attached hydrogens (tertiary/aromatic N) is 4. The maximum Gasteiger partial charge on any atom is 0.344 e. The normalized spacial score (nSPS) is 10.1. The van der Waals surface area contributed by atoms with Crippen molar-refractivity contribution in [3.8, 4) is 45.5 Å². The second kappa shape index (κ2) is 21.1. The van der Waals surface area contributed by atoms with E-state index in [-0.39, 0.29) is 58.5 Å². The summed E-state index contributed by atoms with van der Waals surface area (Å²) in [7, 11) is 5.65. The Hall–Kier alpha value is -6.56. The molecular weight excluding hydrogens is 809 g/mol. The van der Waals surface area contributed by atoms with Crippen molar-refractivity contribution < 1.29 is 64.2 Å². The van der Waals surface area contributed by atoms with Crippen LogP contribution < -0.4 is 48.6 Å². The van der Waals surface area contributed by atoms with Crippen LogP contribution in [0, 0.1) is 23.3 Å². The van der Waals surface area contributed by atoms with Crippen LogP contribution in [0.3, 0.4) is 0 Å². The van der Waals surface area contributed by atoms with Gasteiger partial charge in [0.05, 0.1) is 51.1 Å². The molecule has 0 saturated carbocycles. The van der Waals surface area contributed by atoms with E-state index in [1.165, 1.54) is 83.6 Å². The first-order valence-electron chi connectivity index (χ1n) is 16.3. The fourth-order valence-electron chi connectivity index (χ4n) is 5.13. The number of ether oxygens (including phenoxy) is 4. The maximum absolute atomic E-state index is 14.4. The van der Waals surface area contributed by atoms with Crippen LogP contribution >= 0.6 is 11.6 Å². The summed E-state index contributed by atoms with van der Waals surface area (Å²) < 4.78 is 74.2. The van der Waals surface area contributed by atoms with Crippen LogP contribution in [-0.4, -0.2) is 60.2 Å². The van der Waals surface area contributed by atoms with Crippen LogP contribution in [-0.2, 0) is 6.42 Å². The molecule has 13 nitrogen and oxygen atoms in total. The van der Waals surface area contributed by atoms with Crippen molar-refractivity contribution >= 4 is 29.1 Å². The highest BCUT2D eigenvalue weighted by Crippen LogP contribution is 2.32. The molecule has 6 aromatic rings. The van der Waals surface area contributed by atoms with Crippen LogP contribution in [0.5, 0.6) is 23.0 Å². The minimum absolute atomic E-state index is 0. The second-order valence-corrected chi connectivity index (χ2v) is 11.9. The van der Waals surface area contributed by atoms with Gasteiger partial charge in [-0.2, -0.15) is 0 Å². The van der Waals surface area contributed by atoms with Crippen molar-refractivity contribution in [2.24, 2.45) is 5.73 Å². The van der Waals surface area contributed by atoms with Gasteiger partial charge in [0.15, 0.2) is 0 Å². The number of quaternary nitrogens is 1. The number of benzene rings is 4. The molecule has 0 bridgehead atoms. The summed E-state index contributed by atoms with van der Waals surface area (Å²) in [4.78, 5) is 38.6. The van der Waals surface area contributed by atoms with Gasteiger partial charge in [0.1, 0.15) is 69.6 Å². The molecule has 2 aromatic heterocycles. The molecule has 304 valence electrons. The van der Waals surface area contributed by atoms with Crippen LogP contribution in [0.15, 0.2) is 85.5 Å². The zero-order chi connectivity index (χ0) is 41.8. The number of hydrogen-bond donors (Lipinski definition) is 3. The second-order valence-electron chi connectivity index (χ2n) is 11.5. The van der Waals surface area contributed by atoms with Crippen molar-refractivity contribution in [2.75, 3.05) is 34.2 Å². The summed E-state index contributed by atoms with van der Waals surface area (Å²) in [6.45, 7) is 0. The molecule has 7 N–H and O–H groups in total. The number of carbonyl (C=O) groups is 2. The summed E-state index contributed by atoms with van der Waals surface area (Å²) in [5.74, 6) is -1.97. The minimum Gasteiger partial charge on any atom is -1.00 e. The van der Waals surface area contributed by atoms with Crippen LogP contribution in [0.4, 0.5) is 23.2 Å². The van der Waals surface area contributed by atoms with E-state index in [0.29, 0.717) is 44.9 Å². The molecule has 4 aromatic carbocycles. The van der Waals surface area contributed by atoms with Crippen molar-refractivity contribution in [2.45, 2.75) is 6.42 Å². The Morgan fingerprint density at radius 2 is 1.16 bits per heavy atom. The Labute approximate surface area is 340 Å². The largest absolute Gasteiger partial charge is 1.00 e. The van der Waals surface area contributed by atoms with Gasteiger partial charge in [-0.05, 0) is 60.2 Å². The number of primary amides is 1. The number of aromatic nitrogens is 4. The van der Waals surface area contributed by atoms with Gasteiger partial charge in [0, 0.05) is 41.4 Å². The highest BCUT2D eigenvalue weighted by Gasteiger charge is 2.17. The Balaban J connectivity index is 0.000000254. The molecule has 0 aliphatic carbocycles. The van der Waals surface area contributed by atoms with E-state index >= 15 is 0 Å². The number of halogens is 6. The van der Waals surface area contributed by atoms with E-state index in [0.717, 1.165) is 12.1 Å². The van der Waals surface area contributed by atoms with Gasteiger partial charge in [0.25, 0.3) is 5.91 Å². The molecule has 0 aliphatic heterocycles. The third kappa shape index (κ3) is 11.7. The molecule has 6 rings (SSSR count). The van der Waals surface area contributed by atoms with E-state index in [2.05, 4.69) is 25.7 Å². The monoisotopic (exact) mass is 843 g/mol. The van der Waals surface area contributed by atoms with Gasteiger partial charge in [-0.1, -0.05) is 11.6 Å². The summed E-state index contributed by atoms with van der Waals surface area (Å²) in [5, 5.41) is 0.302. The van der Waals surface area contributed by atoms with Crippen LogP contribution in [0.25, 0.3) is 22.5 Å². The number of amides is 2. The fraction of sp³-hybridized carbons (Fsp3) is 0.128. The van der Waals surface area contributed by atoms with Gasteiger partial charge >= 0.3 is 5.91 Å². The standard InChI is InChI=1S/C20H17F2N3O3.C11H8ClFN2O.C8H9FN2O2.ClH/c1-27-18-4-3-12(21)7-14(18)17-8-13(24-10-25-17)5-11-6-15(20(23)26)19(28-2)9-16(11)22;1-16-10-3-2-7(13)4-8(10)9-5-11(12)15-6-14-9;1-13-7-3-5(9)6(10)2-4(7)8(11)12;/h3-4,6-10H,5H2,1-2H3,(H2,23,26);2-6H,1H3;2-3H,10H2,1H3,(H2,11,12);1H. The lowest BCUT2D eigenvalue weighted by molar-refractivity contribution is -0.255. The molecule has 2 amide bonds. The molecule has 58 heavy (non-hydrogen) atoms. The number of nitrogens with two attached hydrogens (primary N) is 2. The highest BCUT2D eigenvalue weighted by molar-refractivity contribution is 6.29. The maximum atomic E-state index is 14.4. The average molecular weight is 845 g/mol. The summed E-state index contributed by atoms with van der Waals surface area (Å²) in [6.07, 6.45) is 2.69. The molecule has 0 aliphatic rings. The Morgan fingerprint density at radius 3 is 1.66 bits per heavy atom. The third-order valence-corrected chi connectivity index (χ3v) is 8.06. The van der Waals surface area contributed by atoms with Crippen LogP contribution in [0.2, 0.25) is 5.15 Å². The summed E-state index contributed by atoms with van der Waals surface area (Å²) in [6, 6.07) is 16.2. The SMILES string of the molecule is COc1cc(F)c(Cc2cc(-c3cc(F)ccc3OC)ncn2)cc1C(N)=O.COc1cc(F)c(N)cc1C([NH3+])=O.COc1ccc(F)cc1-c1cc(Cl)ncn1.[Cl-]. The van der Waals surface area contributed by atoms with E-state index in [9.17, 15) is 27.2 Å². The molecule has 0 spiro atoms. The quantitative estimate of drug-likeness (QED) is 0.104. The van der Waals surface area contributed by atoms with Gasteiger partial charge in [-0.3, -0.25) is 10.5 Å². The zero-order valence-electron chi connectivity index (χ0n) is 31.2. The minimum atomic E-state index is -0.731. The Bertz CT molecular complexity index is 2410. The first-order chi connectivity index (χ1) is 27.2. The smallest absolute Gasteiger partial charge is 0.344 e. The molecule has 0 unspecified atom stereocenters. The first kappa shape index (κ1) is 45.8. The van der Waals surface area contributed by atoms with Crippen molar-refractivity contribution in [3.63, 3.8) is 0 Å². The van der Waals surface area contributed by atoms with Crippen molar-refractivity contribution in [1.82, 2.24) is 19.9 Å². The zero-order valence-corrected chi connectivity index (χ0v) is 32.7. The number of carbonyl (C=O) groups excluding carboxylic acids is 2. The predicted molar refractivity (Wildman–Crippen MR) is 202 cm³/mol. The van der Waals surface area contributed by atoms with Gasteiger partial charge in [-0.25, -0.2) is 42.3 Å². The molecule has 0 atom stereocenters. The van der Waals surface area contributed by atoms with E-state index < -0.39 is 29.3 Å². The van der Waals surface area contributed by atoms with Gasteiger partial charge in [0.2, 0.25) is 0 Å². The highest BCUT2D eigenvalue weighted by atomic mass is 35.5. The van der Waals surface area contributed by atoms with Gasteiger partial charge < -0.3 is 42.8 Å². The van der Waals surface area contributed by atoms with Crippen molar-refractivity contribution in [3.05, 3.63) is 136 Å². The lowest BCUT2D eigenvalue weighted by atomic mass is 10.0. The topological polar surface area (TPSA) is 202 Å². The first-order valence-corrected chi connectivity index (χ1v) is 16.7. The number of anilines is 1. The predicted octanol–water partition coefficient (Wildman–Crippen LogP) is 2.88. The molecule has 0 fully saturated rings.